The number of halogens is 1. The standard InChI is InChI=1S/C16H30BrN3/c1-7-13-15(17)14(20(9-3)19-13)10-16(6,8-2)11-18-12(4)5/h12,18H,7-11H2,1-6H3. The largest absolute Gasteiger partial charge is 0.314 e. The predicted molar refractivity (Wildman–Crippen MR) is 90.2 cm³/mol. The van der Waals surface area contributed by atoms with Crippen LogP contribution in [0.25, 0.3) is 0 Å². The Morgan fingerprint density at radius 1 is 1.30 bits per heavy atom. The zero-order valence-electron chi connectivity index (χ0n) is 13.9. The van der Waals surface area contributed by atoms with Crippen LogP contribution in [0.2, 0.25) is 0 Å². The van der Waals surface area contributed by atoms with Crippen LogP contribution >= 0.6 is 15.9 Å². The Morgan fingerprint density at radius 2 is 1.95 bits per heavy atom. The minimum atomic E-state index is 0.269. The highest BCUT2D eigenvalue weighted by atomic mass is 79.9. The molecular formula is C16H30BrN3. The van der Waals surface area contributed by atoms with Crippen LogP contribution in [-0.2, 0) is 19.4 Å². The first-order valence-corrected chi connectivity index (χ1v) is 8.63. The number of aryl methyl sites for hydroxylation is 2. The Bertz CT molecular complexity index is 426. The number of hydrogen-bond donors (Lipinski definition) is 1. The second-order valence-electron chi connectivity index (χ2n) is 6.25. The number of hydrogen-bond acceptors (Lipinski definition) is 2. The lowest BCUT2D eigenvalue weighted by Gasteiger charge is -2.30. The average Bonchev–Trinajstić information content (AvgIpc) is 2.73. The van der Waals surface area contributed by atoms with Gasteiger partial charge < -0.3 is 5.32 Å². The van der Waals surface area contributed by atoms with E-state index in [9.17, 15) is 0 Å². The van der Waals surface area contributed by atoms with Crippen LogP contribution in [0.5, 0.6) is 0 Å². The van der Waals surface area contributed by atoms with Crippen molar-refractivity contribution in [1.82, 2.24) is 15.1 Å². The van der Waals surface area contributed by atoms with Crippen molar-refractivity contribution in [2.75, 3.05) is 6.54 Å². The van der Waals surface area contributed by atoms with Gasteiger partial charge in [-0.15, -0.1) is 0 Å². The molecule has 1 unspecified atom stereocenters. The van der Waals surface area contributed by atoms with Gasteiger partial charge >= 0.3 is 0 Å². The smallest absolute Gasteiger partial charge is 0.0766 e. The lowest BCUT2D eigenvalue weighted by molar-refractivity contribution is 0.273. The molecular weight excluding hydrogens is 314 g/mol. The Morgan fingerprint density at radius 3 is 2.40 bits per heavy atom. The molecule has 0 saturated carbocycles. The average molecular weight is 344 g/mol. The quantitative estimate of drug-likeness (QED) is 0.767. The van der Waals surface area contributed by atoms with E-state index in [1.807, 2.05) is 0 Å². The molecule has 0 bridgehead atoms. The van der Waals surface area contributed by atoms with Gasteiger partial charge in [-0.25, -0.2) is 0 Å². The van der Waals surface area contributed by atoms with E-state index in [1.165, 1.54) is 15.9 Å². The summed E-state index contributed by atoms with van der Waals surface area (Å²) in [7, 11) is 0. The van der Waals surface area contributed by atoms with Crippen LogP contribution < -0.4 is 5.32 Å². The van der Waals surface area contributed by atoms with Crippen molar-refractivity contribution in [3.63, 3.8) is 0 Å². The summed E-state index contributed by atoms with van der Waals surface area (Å²) in [5, 5.41) is 8.30. The molecule has 0 saturated heterocycles. The molecule has 3 nitrogen and oxygen atoms in total. The van der Waals surface area contributed by atoms with Crippen LogP contribution in [0.15, 0.2) is 4.47 Å². The molecule has 1 heterocycles. The van der Waals surface area contributed by atoms with E-state index >= 15 is 0 Å². The third-order valence-corrected chi connectivity index (χ3v) is 4.99. The fourth-order valence-electron chi connectivity index (χ4n) is 2.35. The number of nitrogens with zero attached hydrogens (tertiary/aromatic N) is 2. The summed E-state index contributed by atoms with van der Waals surface area (Å²) in [5.41, 5.74) is 2.79. The van der Waals surface area contributed by atoms with E-state index in [2.05, 4.69) is 67.5 Å². The highest BCUT2D eigenvalue weighted by molar-refractivity contribution is 9.10. The van der Waals surface area contributed by atoms with Gasteiger partial charge in [-0.05, 0) is 47.5 Å². The molecule has 1 N–H and O–H groups in total. The Balaban J connectivity index is 2.96. The highest BCUT2D eigenvalue weighted by Crippen LogP contribution is 2.31. The first kappa shape index (κ1) is 17.7. The normalized spacial score (nSPS) is 14.8. The molecule has 0 fully saturated rings. The molecule has 4 heteroatoms. The van der Waals surface area contributed by atoms with E-state index in [1.54, 1.807) is 0 Å². The fraction of sp³-hybridized carbons (Fsp3) is 0.812. The third-order valence-electron chi connectivity index (χ3n) is 4.08. The molecule has 0 spiro atoms. The van der Waals surface area contributed by atoms with E-state index in [0.29, 0.717) is 6.04 Å². The Hall–Kier alpha value is -0.350. The molecule has 0 aliphatic carbocycles. The van der Waals surface area contributed by atoms with Crippen molar-refractivity contribution in [1.29, 1.82) is 0 Å². The van der Waals surface area contributed by atoms with Gasteiger partial charge in [0.1, 0.15) is 0 Å². The van der Waals surface area contributed by atoms with Crippen LogP contribution in [-0.4, -0.2) is 22.4 Å². The zero-order chi connectivity index (χ0) is 15.3. The topological polar surface area (TPSA) is 29.9 Å². The predicted octanol–water partition coefficient (Wildman–Crippen LogP) is 4.18. The zero-order valence-corrected chi connectivity index (χ0v) is 15.5. The number of nitrogens with one attached hydrogen (secondary N) is 1. The maximum absolute atomic E-state index is 4.71. The van der Waals surface area contributed by atoms with E-state index in [0.717, 1.165) is 32.4 Å². The summed E-state index contributed by atoms with van der Waals surface area (Å²) in [5.74, 6) is 0. The first-order chi connectivity index (χ1) is 9.36. The summed E-state index contributed by atoms with van der Waals surface area (Å²) in [6.07, 6.45) is 3.20. The molecule has 1 aromatic heterocycles. The molecule has 0 radical (unpaired) electrons. The number of rotatable bonds is 8. The van der Waals surface area contributed by atoms with Crippen molar-refractivity contribution in [2.24, 2.45) is 5.41 Å². The Labute approximate surface area is 132 Å². The van der Waals surface area contributed by atoms with Gasteiger partial charge in [-0.3, -0.25) is 4.68 Å². The van der Waals surface area contributed by atoms with Crippen molar-refractivity contribution >= 4 is 15.9 Å². The molecule has 0 aromatic carbocycles. The van der Waals surface area contributed by atoms with Crippen molar-refractivity contribution in [3.8, 4) is 0 Å². The third kappa shape index (κ3) is 4.32. The van der Waals surface area contributed by atoms with E-state index in [-0.39, 0.29) is 5.41 Å². The summed E-state index contributed by atoms with van der Waals surface area (Å²) in [4.78, 5) is 0. The molecule has 116 valence electrons. The number of aromatic nitrogens is 2. The van der Waals surface area contributed by atoms with Gasteiger partial charge in [0.2, 0.25) is 0 Å². The Kier molecular flexibility index (Phi) is 6.73. The van der Waals surface area contributed by atoms with Gasteiger partial charge in [0, 0.05) is 19.1 Å². The van der Waals surface area contributed by atoms with Gasteiger partial charge in [0.25, 0.3) is 0 Å². The molecule has 0 aliphatic rings. The molecule has 1 atom stereocenters. The highest BCUT2D eigenvalue weighted by Gasteiger charge is 2.27. The SMILES string of the molecule is CCc1nn(CC)c(CC(C)(CC)CNC(C)C)c1Br. The molecule has 1 rings (SSSR count). The monoisotopic (exact) mass is 343 g/mol. The minimum absolute atomic E-state index is 0.269. The lowest BCUT2D eigenvalue weighted by Crippen LogP contribution is -2.37. The molecule has 1 aromatic rings. The van der Waals surface area contributed by atoms with Crippen molar-refractivity contribution < 1.29 is 0 Å². The maximum Gasteiger partial charge on any atom is 0.0766 e. The summed E-state index contributed by atoms with van der Waals surface area (Å²) >= 11 is 3.76. The first-order valence-electron chi connectivity index (χ1n) is 7.84. The second-order valence-corrected chi connectivity index (χ2v) is 7.05. The van der Waals surface area contributed by atoms with Gasteiger partial charge in [-0.2, -0.15) is 5.10 Å². The molecule has 20 heavy (non-hydrogen) atoms. The second kappa shape index (κ2) is 7.60. The van der Waals surface area contributed by atoms with Crippen LogP contribution in [0.1, 0.15) is 59.4 Å². The summed E-state index contributed by atoms with van der Waals surface area (Å²) in [6.45, 7) is 15.4. The summed E-state index contributed by atoms with van der Waals surface area (Å²) < 4.78 is 3.37. The van der Waals surface area contributed by atoms with Crippen molar-refractivity contribution in [2.45, 2.75) is 73.4 Å². The minimum Gasteiger partial charge on any atom is -0.314 e. The lowest BCUT2D eigenvalue weighted by atomic mass is 9.82. The van der Waals surface area contributed by atoms with Gasteiger partial charge in [-0.1, -0.05) is 34.6 Å². The van der Waals surface area contributed by atoms with E-state index < -0.39 is 0 Å². The van der Waals surface area contributed by atoms with Crippen LogP contribution in [0.3, 0.4) is 0 Å². The van der Waals surface area contributed by atoms with E-state index in [4.69, 9.17) is 5.10 Å². The van der Waals surface area contributed by atoms with Crippen LogP contribution in [0.4, 0.5) is 0 Å². The van der Waals surface area contributed by atoms with Gasteiger partial charge in [0.15, 0.2) is 0 Å². The summed E-state index contributed by atoms with van der Waals surface area (Å²) in [6, 6.07) is 0.534. The molecule has 0 amide bonds. The molecule has 0 aliphatic heterocycles. The van der Waals surface area contributed by atoms with Gasteiger partial charge in [0.05, 0.1) is 15.9 Å². The van der Waals surface area contributed by atoms with Crippen LogP contribution in [0, 0.1) is 5.41 Å². The fourth-order valence-corrected chi connectivity index (χ4v) is 3.06. The van der Waals surface area contributed by atoms with Crippen molar-refractivity contribution in [3.05, 3.63) is 15.9 Å². The maximum atomic E-state index is 4.71.